The van der Waals surface area contributed by atoms with Crippen LogP contribution in [0, 0.1) is 0 Å². The standard InChI is InChI=1S/C18H25N3O3/c22-17(13-19-12-16-7-4-10-24-16)20-15-6-3-5-14(11-15)18(23)21-8-1-2-9-21/h3,5-6,11,16,19H,1-2,4,7-10,12-13H2,(H,20,22). The summed E-state index contributed by atoms with van der Waals surface area (Å²) in [6.45, 7) is 3.40. The third-order valence-electron chi connectivity index (χ3n) is 4.47. The second-order valence-electron chi connectivity index (χ2n) is 6.39. The zero-order valence-corrected chi connectivity index (χ0v) is 13.9. The molecule has 130 valence electrons. The van der Waals surface area contributed by atoms with Gasteiger partial charge in [-0.15, -0.1) is 0 Å². The minimum Gasteiger partial charge on any atom is -0.377 e. The lowest BCUT2D eigenvalue weighted by atomic mass is 10.1. The van der Waals surface area contributed by atoms with Gasteiger partial charge in [-0.2, -0.15) is 0 Å². The molecule has 24 heavy (non-hydrogen) atoms. The summed E-state index contributed by atoms with van der Waals surface area (Å²) in [4.78, 5) is 26.3. The Hall–Kier alpha value is -1.92. The van der Waals surface area contributed by atoms with Crippen molar-refractivity contribution in [2.24, 2.45) is 0 Å². The van der Waals surface area contributed by atoms with Gasteiger partial charge < -0.3 is 20.3 Å². The Kier molecular flexibility index (Phi) is 5.82. The van der Waals surface area contributed by atoms with Gasteiger partial charge in [0.15, 0.2) is 0 Å². The van der Waals surface area contributed by atoms with Crippen LogP contribution in [-0.2, 0) is 9.53 Å². The van der Waals surface area contributed by atoms with E-state index in [2.05, 4.69) is 10.6 Å². The maximum Gasteiger partial charge on any atom is 0.253 e. The first-order chi connectivity index (χ1) is 11.7. The largest absolute Gasteiger partial charge is 0.377 e. The molecule has 6 nitrogen and oxygen atoms in total. The van der Waals surface area contributed by atoms with Gasteiger partial charge in [0.1, 0.15) is 0 Å². The molecule has 0 bridgehead atoms. The van der Waals surface area contributed by atoms with Gasteiger partial charge in [0.05, 0.1) is 12.6 Å². The van der Waals surface area contributed by atoms with Gasteiger partial charge in [-0.1, -0.05) is 6.07 Å². The van der Waals surface area contributed by atoms with Crippen LogP contribution in [0.25, 0.3) is 0 Å². The minimum atomic E-state index is -0.112. The third-order valence-corrected chi connectivity index (χ3v) is 4.47. The molecule has 2 amide bonds. The molecule has 3 rings (SSSR count). The normalized spacial score (nSPS) is 20.3. The Bertz CT molecular complexity index is 579. The fourth-order valence-electron chi connectivity index (χ4n) is 3.19. The summed E-state index contributed by atoms with van der Waals surface area (Å²) in [5.41, 5.74) is 1.28. The zero-order chi connectivity index (χ0) is 16.8. The van der Waals surface area contributed by atoms with Gasteiger partial charge in [0.25, 0.3) is 5.91 Å². The SMILES string of the molecule is O=C(CNCC1CCCO1)Nc1cccc(C(=O)N2CCCC2)c1. The number of benzene rings is 1. The van der Waals surface area contributed by atoms with Crippen molar-refractivity contribution in [3.63, 3.8) is 0 Å². The molecule has 1 unspecified atom stereocenters. The maximum atomic E-state index is 12.4. The van der Waals surface area contributed by atoms with Crippen LogP contribution in [0.5, 0.6) is 0 Å². The van der Waals surface area contributed by atoms with Crippen molar-refractivity contribution < 1.29 is 14.3 Å². The quantitative estimate of drug-likeness (QED) is 0.831. The Labute approximate surface area is 142 Å². The second-order valence-corrected chi connectivity index (χ2v) is 6.39. The van der Waals surface area contributed by atoms with Crippen LogP contribution in [0.3, 0.4) is 0 Å². The molecule has 0 saturated carbocycles. The highest BCUT2D eigenvalue weighted by molar-refractivity contribution is 5.97. The summed E-state index contributed by atoms with van der Waals surface area (Å²) in [6, 6.07) is 7.15. The lowest BCUT2D eigenvalue weighted by Gasteiger charge is -2.16. The predicted molar refractivity (Wildman–Crippen MR) is 92.1 cm³/mol. The first-order valence-electron chi connectivity index (χ1n) is 8.74. The molecule has 2 N–H and O–H groups in total. The molecule has 1 aromatic carbocycles. The van der Waals surface area contributed by atoms with E-state index < -0.39 is 0 Å². The van der Waals surface area contributed by atoms with Crippen molar-refractivity contribution in [2.45, 2.75) is 31.8 Å². The number of likely N-dealkylation sites (tertiary alicyclic amines) is 1. The molecular formula is C18H25N3O3. The zero-order valence-electron chi connectivity index (χ0n) is 13.9. The monoisotopic (exact) mass is 331 g/mol. The summed E-state index contributed by atoms with van der Waals surface area (Å²) in [7, 11) is 0. The van der Waals surface area contributed by atoms with Crippen LogP contribution in [-0.4, -0.2) is 55.6 Å². The molecule has 2 fully saturated rings. The molecule has 1 atom stereocenters. The number of carbonyl (C=O) groups excluding carboxylic acids is 2. The molecule has 2 heterocycles. The molecule has 2 saturated heterocycles. The molecule has 2 aliphatic rings. The highest BCUT2D eigenvalue weighted by Crippen LogP contribution is 2.16. The number of anilines is 1. The van der Waals surface area contributed by atoms with Crippen LogP contribution in [0.4, 0.5) is 5.69 Å². The van der Waals surface area contributed by atoms with E-state index in [1.807, 2.05) is 4.90 Å². The lowest BCUT2D eigenvalue weighted by Crippen LogP contribution is -2.33. The van der Waals surface area contributed by atoms with Crippen molar-refractivity contribution in [3.05, 3.63) is 29.8 Å². The fourth-order valence-corrected chi connectivity index (χ4v) is 3.19. The van der Waals surface area contributed by atoms with E-state index in [1.54, 1.807) is 24.3 Å². The van der Waals surface area contributed by atoms with Gasteiger partial charge in [0.2, 0.25) is 5.91 Å². The van der Waals surface area contributed by atoms with E-state index in [1.165, 1.54) is 0 Å². The number of ether oxygens (including phenoxy) is 1. The molecule has 2 aliphatic heterocycles. The van der Waals surface area contributed by atoms with Crippen LogP contribution < -0.4 is 10.6 Å². The molecule has 0 spiro atoms. The maximum absolute atomic E-state index is 12.4. The fraction of sp³-hybridized carbons (Fsp3) is 0.556. The second kappa shape index (κ2) is 8.26. The molecule has 6 heteroatoms. The van der Waals surface area contributed by atoms with Crippen LogP contribution in [0.15, 0.2) is 24.3 Å². The van der Waals surface area contributed by atoms with E-state index in [0.717, 1.165) is 45.4 Å². The minimum absolute atomic E-state index is 0.0418. The predicted octanol–water partition coefficient (Wildman–Crippen LogP) is 1.63. The third kappa shape index (κ3) is 4.55. The number of amides is 2. The molecule has 0 radical (unpaired) electrons. The van der Waals surface area contributed by atoms with E-state index in [0.29, 0.717) is 17.8 Å². The molecular weight excluding hydrogens is 306 g/mol. The van der Waals surface area contributed by atoms with Crippen molar-refractivity contribution in [1.29, 1.82) is 0 Å². The van der Waals surface area contributed by atoms with Crippen molar-refractivity contribution in [3.8, 4) is 0 Å². The van der Waals surface area contributed by atoms with Crippen molar-refractivity contribution in [1.82, 2.24) is 10.2 Å². The lowest BCUT2D eigenvalue weighted by molar-refractivity contribution is -0.115. The summed E-state index contributed by atoms with van der Waals surface area (Å²) in [5, 5.41) is 5.96. The van der Waals surface area contributed by atoms with E-state index in [9.17, 15) is 9.59 Å². The highest BCUT2D eigenvalue weighted by Gasteiger charge is 2.19. The highest BCUT2D eigenvalue weighted by atomic mass is 16.5. The van der Waals surface area contributed by atoms with Gasteiger partial charge in [-0.05, 0) is 43.9 Å². The first kappa shape index (κ1) is 16.9. The number of carbonyl (C=O) groups is 2. The van der Waals surface area contributed by atoms with Gasteiger partial charge in [-0.25, -0.2) is 0 Å². The van der Waals surface area contributed by atoms with E-state index >= 15 is 0 Å². The van der Waals surface area contributed by atoms with E-state index in [4.69, 9.17) is 4.74 Å². The number of hydrogen-bond acceptors (Lipinski definition) is 4. The molecule has 0 aliphatic carbocycles. The number of nitrogens with one attached hydrogen (secondary N) is 2. The van der Waals surface area contributed by atoms with Crippen molar-refractivity contribution in [2.75, 3.05) is 38.1 Å². The van der Waals surface area contributed by atoms with Gasteiger partial charge >= 0.3 is 0 Å². The molecule has 0 aromatic heterocycles. The van der Waals surface area contributed by atoms with E-state index in [-0.39, 0.29) is 24.5 Å². The molecule has 1 aromatic rings. The smallest absolute Gasteiger partial charge is 0.253 e. The average molecular weight is 331 g/mol. The summed E-state index contributed by atoms with van der Waals surface area (Å²) >= 11 is 0. The first-order valence-corrected chi connectivity index (χ1v) is 8.74. The van der Waals surface area contributed by atoms with Crippen LogP contribution in [0.2, 0.25) is 0 Å². The Morgan fingerprint density at radius 3 is 2.79 bits per heavy atom. The summed E-state index contributed by atoms with van der Waals surface area (Å²) in [6.07, 6.45) is 4.50. The number of hydrogen-bond donors (Lipinski definition) is 2. The summed E-state index contributed by atoms with van der Waals surface area (Å²) in [5.74, 6) is -0.0705. The van der Waals surface area contributed by atoms with Gasteiger partial charge in [-0.3, -0.25) is 9.59 Å². The Morgan fingerprint density at radius 1 is 1.21 bits per heavy atom. The summed E-state index contributed by atoms with van der Waals surface area (Å²) < 4.78 is 5.51. The van der Waals surface area contributed by atoms with Crippen LogP contribution >= 0.6 is 0 Å². The van der Waals surface area contributed by atoms with Crippen molar-refractivity contribution >= 4 is 17.5 Å². The Morgan fingerprint density at radius 2 is 2.04 bits per heavy atom. The van der Waals surface area contributed by atoms with Crippen LogP contribution in [0.1, 0.15) is 36.0 Å². The number of rotatable bonds is 6. The number of nitrogens with zero attached hydrogens (tertiary/aromatic N) is 1. The Balaban J connectivity index is 1.48. The van der Waals surface area contributed by atoms with Gasteiger partial charge in [0, 0.05) is 37.5 Å². The topological polar surface area (TPSA) is 70.7 Å². The average Bonchev–Trinajstić information content (AvgIpc) is 3.28.